The van der Waals surface area contributed by atoms with Crippen LogP contribution in [0.2, 0.25) is 0 Å². The maximum atomic E-state index is 12.5. The van der Waals surface area contributed by atoms with Crippen LogP contribution in [0.3, 0.4) is 0 Å². The van der Waals surface area contributed by atoms with Crippen LogP contribution in [-0.4, -0.2) is 28.2 Å². The number of hydrogen-bond acceptors (Lipinski definition) is 5. The van der Waals surface area contributed by atoms with Gasteiger partial charge in [-0.05, 0) is 23.8 Å². The largest absolute Gasteiger partial charge is 0.274 e. The lowest BCUT2D eigenvalue weighted by Gasteiger charge is -2.12. The van der Waals surface area contributed by atoms with Crippen molar-refractivity contribution < 1.29 is 9.59 Å². The van der Waals surface area contributed by atoms with Gasteiger partial charge in [-0.25, -0.2) is 4.98 Å². The lowest BCUT2D eigenvalue weighted by Crippen LogP contribution is -2.31. The lowest BCUT2D eigenvalue weighted by molar-refractivity contribution is 0.0656. The third-order valence-corrected chi connectivity index (χ3v) is 5.65. The Hall–Kier alpha value is -3.82. The molecule has 0 aliphatic carbocycles. The molecule has 6 heteroatoms. The molecule has 3 aromatic rings. The van der Waals surface area contributed by atoms with Crippen molar-refractivity contribution in [3.63, 3.8) is 0 Å². The number of rotatable bonds is 6. The fraction of sp³-hybridized carbons (Fsp3) is 0.0833. The molecule has 2 amide bonds. The molecule has 5 nitrogen and oxygen atoms in total. The summed E-state index contributed by atoms with van der Waals surface area (Å²) in [6, 6.07) is 18.9. The van der Waals surface area contributed by atoms with Gasteiger partial charge >= 0.3 is 0 Å². The van der Waals surface area contributed by atoms with Gasteiger partial charge in [-0.15, -0.1) is 11.3 Å². The van der Waals surface area contributed by atoms with Crippen molar-refractivity contribution in [2.45, 2.75) is 6.42 Å². The number of carbonyl (C=O) groups excluding carboxylic acids is 2. The summed E-state index contributed by atoms with van der Waals surface area (Å²) in [5, 5.41) is 12.0. The summed E-state index contributed by atoms with van der Waals surface area (Å²) in [5.41, 5.74) is 3.16. The molecule has 4 rings (SSSR count). The van der Waals surface area contributed by atoms with Crippen molar-refractivity contribution in [2.24, 2.45) is 0 Å². The summed E-state index contributed by atoms with van der Waals surface area (Å²) < 4.78 is 0. The number of amides is 2. The number of imide groups is 1. The molecule has 0 bridgehead atoms. The van der Waals surface area contributed by atoms with E-state index >= 15 is 0 Å². The Bertz CT molecular complexity index is 1170. The van der Waals surface area contributed by atoms with Crippen LogP contribution in [0.1, 0.15) is 37.0 Å². The zero-order chi connectivity index (χ0) is 20.9. The highest BCUT2D eigenvalue weighted by atomic mass is 32.1. The van der Waals surface area contributed by atoms with E-state index in [1.54, 1.807) is 30.3 Å². The summed E-state index contributed by atoms with van der Waals surface area (Å²) in [5.74, 6) is -0.538. The molecule has 146 valence electrons. The normalized spacial score (nSPS) is 13.7. The summed E-state index contributed by atoms with van der Waals surface area (Å²) >= 11 is 1.38. The highest BCUT2D eigenvalue weighted by molar-refractivity contribution is 7.10. The molecule has 2 heterocycles. The zero-order valence-electron chi connectivity index (χ0n) is 16.0. The third kappa shape index (κ3) is 3.97. The Kier molecular flexibility index (Phi) is 5.64. The Morgan fingerprint density at radius 2 is 1.70 bits per heavy atom. The van der Waals surface area contributed by atoms with E-state index < -0.39 is 0 Å². The smallest absolute Gasteiger partial charge is 0.261 e. The van der Waals surface area contributed by atoms with Crippen LogP contribution in [0.25, 0.3) is 11.6 Å². The number of allylic oxidation sites excluding steroid dienone is 3. The lowest BCUT2D eigenvalue weighted by atomic mass is 10.1. The fourth-order valence-corrected chi connectivity index (χ4v) is 4.02. The maximum Gasteiger partial charge on any atom is 0.261 e. The number of nitriles is 1. The molecular weight excluding hydrogens is 394 g/mol. The average molecular weight is 411 g/mol. The van der Waals surface area contributed by atoms with Gasteiger partial charge in [0.05, 0.1) is 22.4 Å². The molecular formula is C24H17N3O2S. The highest BCUT2D eigenvalue weighted by Crippen LogP contribution is 2.24. The molecule has 30 heavy (non-hydrogen) atoms. The van der Waals surface area contributed by atoms with Gasteiger partial charge in [0.2, 0.25) is 0 Å². The first-order valence-corrected chi connectivity index (χ1v) is 10.3. The monoisotopic (exact) mass is 411 g/mol. The van der Waals surface area contributed by atoms with E-state index in [1.165, 1.54) is 16.2 Å². The van der Waals surface area contributed by atoms with Crippen LogP contribution in [0.5, 0.6) is 0 Å². The molecule has 0 spiro atoms. The molecule has 0 unspecified atom stereocenters. The molecule has 0 fully saturated rings. The number of thiazole rings is 1. The molecule has 0 radical (unpaired) electrons. The molecule has 1 aromatic heterocycles. The maximum absolute atomic E-state index is 12.5. The minimum Gasteiger partial charge on any atom is -0.274 e. The van der Waals surface area contributed by atoms with Crippen LogP contribution in [-0.2, 0) is 6.42 Å². The number of nitrogens with zero attached hydrogens (tertiary/aromatic N) is 3. The van der Waals surface area contributed by atoms with Gasteiger partial charge in [0.25, 0.3) is 11.8 Å². The van der Waals surface area contributed by atoms with E-state index in [0.717, 1.165) is 11.3 Å². The minimum absolute atomic E-state index is 0.259. The Labute approximate surface area is 178 Å². The summed E-state index contributed by atoms with van der Waals surface area (Å²) in [4.78, 5) is 30.7. The molecule has 0 atom stereocenters. The predicted molar refractivity (Wildman–Crippen MR) is 117 cm³/mol. The van der Waals surface area contributed by atoms with Crippen LogP contribution in [0, 0.1) is 11.3 Å². The number of fused-ring (bicyclic) bond motifs is 1. The first kappa shape index (κ1) is 19.5. The van der Waals surface area contributed by atoms with Gasteiger partial charge in [-0.1, -0.05) is 54.6 Å². The summed E-state index contributed by atoms with van der Waals surface area (Å²) in [7, 11) is 0. The van der Waals surface area contributed by atoms with Gasteiger partial charge in [-0.3, -0.25) is 14.5 Å². The van der Waals surface area contributed by atoms with E-state index in [9.17, 15) is 14.9 Å². The van der Waals surface area contributed by atoms with Gasteiger partial charge in [0.15, 0.2) is 0 Å². The number of aromatic nitrogens is 1. The Morgan fingerprint density at radius 1 is 1.03 bits per heavy atom. The first-order chi connectivity index (χ1) is 14.7. The van der Waals surface area contributed by atoms with E-state index in [1.807, 2.05) is 47.9 Å². The standard InChI is InChI=1S/C24H17N3O2S/c25-15-18(10-6-9-17-7-2-1-3-8-17)22-26-19(16-30-22)13-14-27-23(28)20-11-4-5-12-21(20)24(27)29/h1-12,16H,13-14H2. The van der Waals surface area contributed by atoms with Crippen molar-refractivity contribution in [2.75, 3.05) is 6.54 Å². The van der Waals surface area contributed by atoms with E-state index in [0.29, 0.717) is 28.1 Å². The highest BCUT2D eigenvalue weighted by Gasteiger charge is 2.34. The predicted octanol–water partition coefficient (Wildman–Crippen LogP) is 4.60. The zero-order valence-corrected chi connectivity index (χ0v) is 16.8. The summed E-state index contributed by atoms with van der Waals surface area (Å²) in [6.45, 7) is 0.259. The van der Waals surface area contributed by atoms with Crippen molar-refractivity contribution in [3.8, 4) is 6.07 Å². The molecule has 2 aromatic carbocycles. The molecule has 0 N–H and O–H groups in total. The van der Waals surface area contributed by atoms with Crippen molar-refractivity contribution >= 4 is 34.8 Å². The van der Waals surface area contributed by atoms with E-state index in [-0.39, 0.29) is 18.4 Å². The SMILES string of the molecule is N#CC(=CC=Cc1ccccc1)c1nc(CCN2C(=O)c3ccccc3C2=O)cs1. The molecule has 0 saturated carbocycles. The van der Waals surface area contributed by atoms with Crippen LogP contribution < -0.4 is 0 Å². The van der Waals surface area contributed by atoms with Crippen LogP contribution in [0.15, 0.2) is 72.1 Å². The minimum atomic E-state index is -0.269. The average Bonchev–Trinajstić information content (AvgIpc) is 3.34. The second-order valence-electron chi connectivity index (χ2n) is 6.66. The Balaban J connectivity index is 1.42. The fourth-order valence-electron chi connectivity index (χ4n) is 3.19. The van der Waals surface area contributed by atoms with Gasteiger partial charge in [0, 0.05) is 18.3 Å². The Morgan fingerprint density at radius 3 is 2.37 bits per heavy atom. The quantitative estimate of drug-likeness (QED) is 0.337. The first-order valence-electron chi connectivity index (χ1n) is 9.41. The van der Waals surface area contributed by atoms with Gasteiger partial charge in [0.1, 0.15) is 11.1 Å². The molecule has 1 aliphatic rings. The number of hydrogen-bond donors (Lipinski definition) is 0. The van der Waals surface area contributed by atoms with Crippen molar-refractivity contribution in [3.05, 3.63) is 99.5 Å². The topological polar surface area (TPSA) is 74.1 Å². The second kappa shape index (κ2) is 8.68. The van der Waals surface area contributed by atoms with Crippen LogP contribution >= 0.6 is 11.3 Å². The van der Waals surface area contributed by atoms with E-state index in [4.69, 9.17) is 0 Å². The third-order valence-electron chi connectivity index (χ3n) is 4.72. The number of benzene rings is 2. The van der Waals surface area contributed by atoms with Crippen molar-refractivity contribution in [1.29, 1.82) is 5.26 Å². The molecule has 1 aliphatic heterocycles. The molecule has 0 saturated heterocycles. The number of carbonyl (C=O) groups is 2. The van der Waals surface area contributed by atoms with Crippen molar-refractivity contribution in [1.82, 2.24) is 9.88 Å². The summed E-state index contributed by atoms with van der Waals surface area (Å²) in [6.07, 6.45) is 5.93. The van der Waals surface area contributed by atoms with E-state index in [2.05, 4.69) is 11.1 Å². The van der Waals surface area contributed by atoms with Crippen LogP contribution in [0.4, 0.5) is 0 Å². The van der Waals surface area contributed by atoms with Gasteiger partial charge in [-0.2, -0.15) is 5.26 Å². The van der Waals surface area contributed by atoms with Gasteiger partial charge < -0.3 is 0 Å². The second-order valence-corrected chi connectivity index (χ2v) is 7.52.